The Bertz CT molecular complexity index is 581. The second kappa shape index (κ2) is 6.62. The van der Waals surface area contributed by atoms with Crippen molar-refractivity contribution in [2.45, 2.75) is 43.8 Å². The molecule has 0 aliphatic carbocycles. The van der Waals surface area contributed by atoms with Crippen molar-refractivity contribution in [1.82, 2.24) is 19.9 Å². The molecule has 0 aliphatic heterocycles. The van der Waals surface area contributed by atoms with Gasteiger partial charge in [-0.3, -0.25) is 0 Å². The van der Waals surface area contributed by atoms with E-state index in [9.17, 15) is 0 Å². The van der Waals surface area contributed by atoms with Crippen LogP contribution in [0.3, 0.4) is 0 Å². The van der Waals surface area contributed by atoms with Crippen molar-refractivity contribution >= 4 is 17.6 Å². The number of hydrazine groups is 1. The summed E-state index contributed by atoms with van der Waals surface area (Å²) in [5.74, 6) is 6.82. The van der Waals surface area contributed by atoms with E-state index in [1.165, 1.54) is 11.8 Å². The smallest absolute Gasteiger partial charge is 0.194 e. The van der Waals surface area contributed by atoms with E-state index in [1.807, 2.05) is 19.9 Å². The summed E-state index contributed by atoms with van der Waals surface area (Å²) in [7, 11) is 0. The summed E-state index contributed by atoms with van der Waals surface area (Å²) in [6.45, 7) is 5.99. The minimum absolute atomic E-state index is 0.607. The highest BCUT2D eigenvalue weighted by molar-refractivity contribution is 7.99. The maximum absolute atomic E-state index is 5.44. The zero-order chi connectivity index (χ0) is 14.5. The maximum atomic E-state index is 5.44. The zero-order valence-electron chi connectivity index (χ0n) is 11.8. The lowest BCUT2D eigenvalue weighted by molar-refractivity contribution is 0.808. The second-order valence-electron chi connectivity index (χ2n) is 4.44. The van der Waals surface area contributed by atoms with Crippen molar-refractivity contribution in [3.63, 3.8) is 0 Å². The first-order chi connectivity index (χ1) is 9.60. The molecule has 2 aromatic heterocycles. The Morgan fingerprint density at radius 2 is 1.80 bits per heavy atom. The van der Waals surface area contributed by atoms with Gasteiger partial charge in [-0.25, -0.2) is 25.8 Å². The van der Waals surface area contributed by atoms with E-state index in [0.717, 1.165) is 35.1 Å². The largest absolute Gasteiger partial charge is 0.308 e. The van der Waals surface area contributed by atoms with Crippen molar-refractivity contribution in [2.24, 2.45) is 5.84 Å². The van der Waals surface area contributed by atoms with Gasteiger partial charge in [0.2, 0.25) is 0 Å². The lowest BCUT2D eigenvalue weighted by Gasteiger charge is -2.07. The van der Waals surface area contributed by atoms with E-state index in [4.69, 9.17) is 5.84 Å². The summed E-state index contributed by atoms with van der Waals surface area (Å²) < 4.78 is 0. The molecule has 0 saturated carbocycles. The van der Waals surface area contributed by atoms with Crippen molar-refractivity contribution in [3.8, 4) is 0 Å². The molecule has 0 amide bonds. The highest BCUT2D eigenvalue weighted by Crippen LogP contribution is 2.25. The normalized spacial score (nSPS) is 10.6. The van der Waals surface area contributed by atoms with Crippen LogP contribution >= 0.6 is 11.8 Å². The van der Waals surface area contributed by atoms with Crippen LogP contribution in [0, 0.1) is 13.8 Å². The highest BCUT2D eigenvalue weighted by Gasteiger charge is 2.08. The topological polar surface area (TPSA) is 89.6 Å². The van der Waals surface area contributed by atoms with Crippen LogP contribution in [0.4, 0.5) is 5.82 Å². The van der Waals surface area contributed by atoms with Gasteiger partial charge < -0.3 is 5.43 Å². The van der Waals surface area contributed by atoms with Gasteiger partial charge in [-0.05, 0) is 38.1 Å². The summed E-state index contributed by atoms with van der Waals surface area (Å²) in [5.41, 5.74) is 4.46. The molecule has 0 bridgehead atoms. The Morgan fingerprint density at radius 3 is 2.40 bits per heavy atom. The molecule has 0 atom stereocenters. The van der Waals surface area contributed by atoms with Crippen molar-refractivity contribution in [3.05, 3.63) is 29.3 Å². The van der Waals surface area contributed by atoms with Crippen LogP contribution in [-0.2, 0) is 6.42 Å². The molecule has 0 unspecified atom stereocenters. The van der Waals surface area contributed by atoms with Gasteiger partial charge in [-0.2, -0.15) is 0 Å². The lowest BCUT2D eigenvalue weighted by Crippen LogP contribution is -2.10. The zero-order valence-corrected chi connectivity index (χ0v) is 12.7. The molecule has 0 aromatic carbocycles. The Hall–Kier alpha value is -1.73. The van der Waals surface area contributed by atoms with Crippen molar-refractivity contribution < 1.29 is 0 Å². The predicted molar refractivity (Wildman–Crippen MR) is 79.5 cm³/mol. The van der Waals surface area contributed by atoms with Gasteiger partial charge in [0, 0.05) is 23.9 Å². The lowest BCUT2D eigenvalue weighted by atomic mass is 10.3. The molecule has 3 N–H and O–H groups in total. The van der Waals surface area contributed by atoms with Gasteiger partial charge >= 0.3 is 0 Å². The molecule has 2 aromatic rings. The predicted octanol–water partition coefficient (Wildman–Crippen LogP) is 2.27. The molecule has 0 fully saturated rings. The molecule has 0 aliphatic rings. The van der Waals surface area contributed by atoms with Gasteiger partial charge in [-0.15, -0.1) is 0 Å². The molecule has 0 spiro atoms. The van der Waals surface area contributed by atoms with Crippen LogP contribution in [0.1, 0.15) is 30.6 Å². The standard InChI is InChI=1S/C13H18N6S/c1-4-5-10-17-11(19-14)7-12(18-10)20-13-15-8(2)6-9(3)16-13/h6-7H,4-5,14H2,1-3H3,(H,17,18,19). The fraction of sp³-hybridized carbons (Fsp3) is 0.385. The number of anilines is 1. The SMILES string of the molecule is CCCc1nc(NN)cc(Sc2nc(C)cc(C)n2)n1. The van der Waals surface area contributed by atoms with Gasteiger partial charge in [0.15, 0.2) is 5.16 Å². The summed E-state index contributed by atoms with van der Waals surface area (Å²) in [6.07, 6.45) is 1.80. The fourth-order valence-electron chi connectivity index (χ4n) is 1.77. The third kappa shape index (κ3) is 3.88. The molecule has 6 nitrogen and oxygen atoms in total. The third-order valence-electron chi connectivity index (χ3n) is 2.53. The first kappa shape index (κ1) is 14.7. The Morgan fingerprint density at radius 1 is 1.10 bits per heavy atom. The number of aromatic nitrogens is 4. The molecule has 106 valence electrons. The number of hydrogen-bond acceptors (Lipinski definition) is 7. The monoisotopic (exact) mass is 290 g/mol. The average Bonchev–Trinajstić information content (AvgIpc) is 2.37. The van der Waals surface area contributed by atoms with Gasteiger partial charge in [0.25, 0.3) is 0 Å². The molecular weight excluding hydrogens is 272 g/mol. The van der Waals surface area contributed by atoms with E-state index in [2.05, 4.69) is 32.3 Å². The number of rotatable bonds is 5. The van der Waals surface area contributed by atoms with Crippen LogP contribution < -0.4 is 11.3 Å². The molecule has 7 heteroatoms. The maximum Gasteiger partial charge on any atom is 0.194 e. The Kier molecular flexibility index (Phi) is 4.86. The summed E-state index contributed by atoms with van der Waals surface area (Å²) >= 11 is 1.42. The Labute approximate surface area is 122 Å². The number of hydrogen-bond donors (Lipinski definition) is 2. The minimum atomic E-state index is 0.607. The summed E-state index contributed by atoms with van der Waals surface area (Å²) in [4.78, 5) is 17.6. The van der Waals surface area contributed by atoms with Crippen LogP contribution in [0.2, 0.25) is 0 Å². The fourth-order valence-corrected chi connectivity index (χ4v) is 2.66. The van der Waals surface area contributed by atoms with Crippen LogP contribution in [0.5, 0.6) is 0 Å². The second-order valence-corrected chi connectivity index (χ2v) is 5.42. The molecular formula is C13H18N6S. The summed E-state index contributed by atoms with van der Waals surface area (Å²) in [5, 5.41) is 1.48. The van der Waals surface area contributed by atoms with E-state index in [0.29, 0.717) is 11.0 Å². The number of nitrogen functional groups attached to an aromatic ring is 1. The van der Waals surface area contributed by atoms with Crippen LogP contribution in [0.15, 0.2) is 22.3 Å². The molecule has 0 radical (unpaired) electrons. The number of aryl methyl sites for hydroxylation is 3. The number of nitrogens with one attached hydrogen (secondary N) is 1. The van der Waals surface area contributed by atoms with E-state index in [1.54, 1.807) is 6.07 Å². The molecule has 20 heavy (non-hydrogen) atoms. The number of nitrogens with zero attached hydrogens (tertiary/aromatic N) is 4. The summed E-state index contributed by atoms with van der Waals surface area (Å²) in [6, 6.07) is 3.74. The Balaban J connectivity index is 2.29. The minimum Gasteiger partial charge on any atom is -0.308 e. The molecule has 2 rings (SSSR count). The third-order valence-corrected chi connectivity index (χ3v) is 3.31. The molecule has 2 heterocycles. The van der Waals surface area contributed by atoms with Crippen molar-refractivity contribution in [1.29, 1.82) is 0 Å². The highest BCUT2D eigenvalue weighted by atomic mass is 32.2. The number of nitrogens with two attached hydrogens (primary N) is 1. The first-order valence-electron chi connectivity index (χ1n) is 6.45. The van der Waals surface area contributed by atoms with E-state index >= 15 is 0 Å². The first-order valence-corrected chi connectivity index (χ1v) is 7.27. The van der Waals surface area contributed by atoms with E-state index in [-0.39, 0.29) is 0 Å². The quantitative estimate of drug-likeness (QED) is 0.378. The van der Waals surface area contributed by atoms with Crippen molar-refractivity contribution in [2.75, 3.05) is 5.43 Å². The van der Waals surface area contributed by atoms with Crippen LogP contribution in [0.25, 0.3) is 0 Å². The van der Waals surface area contributed by atoms with Gasteiger partial charge in [0.1, 0.15) is 16.7 Å². The average molecular weight is 290 g/mol. The van der Waals surface area contributed by atoms with E-state index < -0.39 is 0 Å². The van der Waals surface area contributed by atoms with Gasteiger partial charge in [0.05, 0.1) is 0 Å². The van der Waals surface area contributed by atoms with Crippen LogP contribution in [-0.4, -0.2) is 19.9 Å². The van der Waals surface area contributed by atoms with Gasteiger partial charge in [-0.1, -0.05) is 6.92 Å². The molecule has 0 saturated heterocycles.